The molecule has 0 aromatic heterocycles. The van der Waals surface area contributed by atoms with Crippen LogP contribution in [0.5, 0.6) is 0 Å². The van der Waals surface area contributed by atoms with Gasteiger partial charge in [-0.05, 0) is 32.0 Å². The molecule has 6 heteroatoms. The van der Waals surface area contributed by atoms with Gasteiger partial charge in [0.1, 0.15) is 5.82 Å². The predicted molar refractivity (Wildman–Crippen MR) is 67.4 cm³/mol. The van der Waals surface area contributed by atoms with Crippen LogP contribution in [0.2, 0.25) is 0 Å². The highest BCUT2D eigenvalue weighted by Gasteiger charge is 2.16. The number of carbonyl (C=O) groups excluding carboxylic acids is 1. The fourth-order valence-electron chi connectivity index (χ4n) is 1.32. The van der Waals surface area contributed by atoms with E-state index in [-0.39, 0.29) is 16.7 Å². The zero-order valence-electron chi connectivity index (χ0n) is 10.1. The van der Waals surface area contributed by atoms with Crippen molar-refractivity contribution in [2.24, 2.45) is 0 Å². The lowest BCUT2D eigenvalue weighted by molar-refractivity contribution is -0.120. The maximum absolute atomic E-state index is 13.2. The van der Waals surface area contributed by atoms with Gasteiger partial charge >= 0.3 is 5.97 Å². The summed E-state index contributed by atoms with van der Waals surface area (Å²) in [6.45, 7) is 4.06. The van der Waals surface area contributed by atoms with E-state index in [2.05, 4.69) is 5.32 Å². The highest BCUT2D eigenvalue weighted by Crippen LogP contribution is 2.25. The minimum atomic E-state index is -1.32. The third-order valence-electron chi connectivity index (χ3n) is 2.20. The molecule has 0 aliphatic heterocycles. The molecule has 0 saturated heterocycles. The molecule has 1 amide bonds. The van der Waals surface area contributed by atoms with Gasteiger partial charge in [0.05, 0.1) is 10.8 Å². The Morgan fingerprint density at radius 3 is 2.72 bits per heavy atom. The summed E-state index contributed by atoms with van der Waals surface area (Å²) < 4.78 is 13.2. The predicted octanol–water partition coefficient (Wildman–Crippen LogP) is 2.14. The Bertz CT molecular complexity index is 465. The first-order valence-electron chi connectivity index (χ1n) is 5.43. The van der Waals surface area contributed by atoms with E-state index >= 15 is 0 Å². The van der Waals surface area contributed by atoms with Gasteiger partial charge in [0.2, 0.25) is 5.91 Å². The molecule has 1 atom stereocenters. The zero-order chi connectivity index (χ0) is 13.7. The molecule has 4 nitrogen and oxygen atoms in total. The van der Waals surface area contributed by atoms with E-state index < -0.39 is 11.8 Å². The highest BCUT2D eigenvalue weighted by molar-refractivity contribution is 8.00. The molecule has 98 valence electrons. The Morgan fingerprint density at radius 2 is 2.17 bits per heavy atom. The minimum absolute atomic E-state index is 0.135. The van der Waals surface area contributed by atoms with Crippen LogP contribution in [0, 0.1) is 5.82 Å². The van der Waals surface area contributed by atoms with Gasteiger partial charge in [0.25, 0.3) is 0 Å². The van der Waals surface area contributed by atoms with Crippen molar-refractivity contribution in [3.05, 3.63) is 29.6 Å². The van der Waals surface area contributed by atoms with Crippen molar-refractivity contribution >= 4 is 23.6 Å². The average molecular weight is 271 g/mol. The second kappa shape index (κ2) is 6.39. The Morgan fingerprint density at radius 1 is 1.50 bits per heavy atom. The topological polar surface area (TPSA) is 66.4 Å². The van der Waals surface area contributed by atoms with Crippen molar-refractivity contribution in [1.82, 2.24) is 5.32 Å². The Kier molecular flexibility index (Phi) is 5.15. The van der Waals surface area contributed by atoms with Crippen LogP contribution in [0.3, 0.4) is 0 Å². The van der Waals surface area contributed by atoms with E-state index in [1.54, 1.807) is 6.92 Å². The number of carboxylic acids is 1. The Balaban J connectivity index is 2.82. The maximum atomic E-state index is 13.2. The lowest BCUT2D eigenvalue weighted by Crippen LogP contribution is -2.30. The first-order valence-corrected chi connectivity index (χ1v) is 6.31. The summed E-state index contributed by atoms with van der Waals surface area (Å²) >= 11 is 1.19. The summed E-state index contributed by atoms with van der Waals surface area (Å²) in [5, 5.41) is 11.1. The maximum Gasteiger partial charge on any atom is 0.338 e. The van der Waals surface area contributed by atoms with Crippen molar-refractivity contribution in [2.45, 2.75) is 24.0 Å². The fourth-order valence-corrected chi connectivity index (χ4v) is 2.25. The molecule has 18 heavy (non-hydrogen) atoms. The molecule has 1 aromatic carbocycles. The van der Waals surface area contributed by atoms with Gasteiger partial charge in [-0.15, -0.1) is 11.8 Å². The van der Waals surface area contributed by atoms with E-state index in [1.807, 2.05) is 6.92 Å². The monoisotopic (exact) mass is 271 g/mol. The molecule has 0 aliphatic carbocycles. The molecule has 0 bridgehead atoms. The van der Waals surface area contributed by atoms with Crippen LogP contribution in [0.4, 0.5) is 4.39 Å². The minimum Gasteiger partial charge on any atom is -0.478 e. The number of rotatable bonds is 5. The highest BCUT2D eigenvalue weighted by atomic mass is 32.2. The average Bonchev–Trinajstić information content (AvgIpc) is 2.31. The van der Waals surface area contributed by atoms with Crippen LogP contribution >= 0.6 is 11.8 Å². The van der Waals surface area contributed by atoms with E-state index in [4.69, 9.17) is 5.11 Å². The number of hydrogen-bond acceptors (Lipinski definition) is 3. The van der Waals surface area contributed by atoms with Crippen LogP contribution in [0.15, 0.2) is 23.1 Å². The fraction of sp³-hybridized carbons (Fsp3) is 0.333. The summed E-state index contributed by atoms with van der Waals surface area (Å²) in [7, 11) is 0. The summed E-state index contributed by atoms with van der Waals surface area (Å²) in [6.07, 6.45) is 0. The Labute approximate surface area is 109 Å². The third kappa shape index (κ3) is 3.73. The quantitative estimate of drug-likeness (QED) is 0.805. The number of carboxylic acid groups (broad SMARTS) is 1. The normalized spacial score (nSPS) is 11.9. The van der Waals surface area contributed by atoms with Crippen LogP contribution < -0.4 is 5.32 Å². The number of hydrogen-bond donors (Lipinski definition) is 2. The van der Waals surface area contributed by atoms with Crippen molar-refractivity contribution < 1.29 is 19.1 Å². The smallest absolute Gasteiger partial charge is 0.338 e. The third-order valence-corrected chi connectivity index (χ3v) is 3.30. The molecule has 0 fully saturated rings. The Hall–Kier alpha value is -1.56. The largest absolute Gasteiger partial charge is 0.478 e. The van der Waals surface area contributed by atoms with Crippen LogP contribution in [-0.4, -0.2) is 28.8 Å². The van der Waals surface area contributed by atoms with E-state index in [1.165, 1.54) is 23.9 Å². The molecular formula is C12H14FNO3S. The van der Waals surface area contributed by atoms with Crippen LogP contribution in [0.1, 0.15) is 24.2 Å². The number of thioether (sulfide) groups is 1. The molecular weight excluding hydrogens is 257 g/mol. The molecule has 1 unspecified atom stereocenters. The number of aromatic carboxylic acids is 1. The van der Waals surface area contributed by atoms with Gasteiger partial charge < -0.3 is 10.4 Å². The lowest BCUT2D eigenvalue weighted by atomic mass is 10.2. The van der Waals surface area contributed by atoms with Crippen molar-refractivity contribution in [3.8, 4) is 0 Å². The molecule has 0 aliphatic rings. The molecule has 2 N–H and O–H groups in total. The molecule has 1 rings (SSSR count). The second-order valence-electron chi connectivity index (χ2n) is 3.60. The van der Waals surface area contributed by atoms with Gasteiger partial charge in [0.15, 0.2) is 0 Å². The summed E-state index contributed by atoms with van der Waals surface area (Å²) in [6, 6.07) is 3.79. The number of halogens is 1. The van der Waals surface area contributed by atoms with E-state index in [0.717, 1.165) is 6.07 Å². The van der Waals surface area contributed by atoms with Gasteiger partial charge in [-0.25, -0.2) is 9.18 Å². The van der Waals surface area contributed by atoms with Gasteiger partial charge in [-0.1, -0.05) is 0 Å². The number of amides is 1. The van der Waals surface area contributed by atoms with E-state index in [9.17, 15) is 14.0 Å². The number of benzene rings is 1. The van der Waals surface area contributed by atoms with Crippen molar-refractivity contribution in [3.63, 3.8) is 0 Å². The summed E-state index contributed by atoms with van der Waals surface area (Å²) in [4.78, 5) is 22.8. The molecule has 0 saturated carbocycles. The standard InChI is InChI=1S/C12H14FNO3S/c1-3-14-11(15)7(2)18-8-4-5-10(13)9(6-8)12(16)17/h4-7H,3H2,1-2H3,(H,14,15)(H,16,17). The molecule has 0 spiro atoms. The molecule has 0 heterocycles. The van der Waals surface area contributed by atoms with Crippen LogP contribution in [-0.2, 0) is 4.79 Å². The SMILES string of the molecule is CCNC(=O)C(C)Sc1ccc(F)c(C(=O)O)c1. The lowest BCUT2D eigenvalue weighted by Gasteiger charge is -2.11. The van der Waals surface area contributed by atoms with Gasteiger partial charge in [-0.3, -0.25) is 4.79 Å². The summed E-state index contributed by atoms with van der Waals surface area (Å²) in [5.74, 6) is -2.23. The first-order chi connectivity index (χ1) is 8.45. The summed E-state index contributed by atoms with van der Waals surface area (Å²) in [5.41, 5.74) is -0.386. The zero-order valence-corrected chi connectivity index (χ0v) is 10.9. The second-order valence-corrected chi connectivity index (χ2v) is 5.02. The van der Waals surface area contributed by atoms with Gasteiger partial charge in [-0.2, -0.15) is 0 Å². The van der Waals surface area contributed by atoms with Crippen LogP contribution in [0.25, 0.3) is 0 Å². The van der Waals surface area contributed by atoms with Crippen molar-refractivity contribution in [1.29, 1.82) is 0 Å². The van der Waals surface area contributed by atoms with Gasteiger partial charge in [0, 0.05) is 11.4 Å². The molecule has 0 radical (unpaired) electrons. The number of carbonyl (C=O) groups is 2. The van der Waals surface area contributed by atoms with Crippen molar-refractivity contribution in [2.75, 3.05) is 6.54 Å². The number of nitrogens with one attached hydrogen (secondary N) is 1. The van der Waals surface area contributed by atoms with E-state index in [0.29, 0.717) is 11.4 Å². The first kappa shape index (κ1) is 14.5. The molecule has 1 aromatic rings.